The molecule has 0 bridgehead atoms. The number of aromatic amines is 1. The normalized spacial score (nSPS) is 14.6. The van der Waals surface area contributed by atoms with Gasteiger partial charge >= 0.3 is 0 Å². The second kappa shape index (κ2) is 9.28. The van der Waals surface area contributed by atoms with Crippen LogP contribution in [0.1, 0.15) is 43.9 Å². The molecule has 6 nitrogen and oxygen atoms in total. The maximum atomic E-state index is 13.4. The topological polar surface area (TPSA) is 81.8 Å². The summed E-state index contributed by atoms with van der Waals surface area (Å²) in [5, 5.41) is 16.7. The molecular weight excluding hydrogens is 389 g/mol. The number of benzene rings is 1. The molecule has 2 heterocycles. The van der Waals surface area contributed by atoms with Gasteiger partial charge in [0.2, 0.25) is 0 Å². The number of H-pyrrole nitrogens is 1. The van der Waals surface area contributed by atoms with Gasteiger partial charge in [-0.3, -0.25) is 9.89 Å². The zero-order valence-electron chi connectivity index (χ0n) is 16.6. The standard InChI is InChI=1S/C21H26FN5OS/c1-12(2)24-20(28)13(3)25-21(29)17-18(14-4-6-16(22)7-5-14)26-27-19(17)15-8-10-23-11-9-15/h4-7,12,15,23H,3,8-11H2,1-2H3,(H,24,28)(H,25,29)(H,26,27). The molecule has 1 aromatic carbocycles. The molecule has 1 fully saturated rings. The summed E-state index contributed by atoms with van der Waals surface area (Å²) < 4.78 is 13.4. The summed E-state index contributed by atoms with van der Waals surface area (Å²) in [7, 11) is 0. The highest BCUT2D eigenvalue weighted by molar-refractivity contribution is 7.80. The number of halogens is 1. The third-order valence-corrected chi connectivity index (χ3v) is 5.15. The fourth-order valence-electron chi connectivity index (χ4n) is 3.41. The van der Waals surface area contributed by atoms with E-state index >= 15 is 0 Å². The predicted octanol–water partition coefficient (Wildman–Crippen LogP) is 2.99. The van der Waals surface area contributed by atoms with E-state index < -0.39 is 0 Å². The van der Waals surface area contributed by atoms with E-state index in [0.717, 1.165) is 42.8 Å². The van der Waals surface area contributed by atoms with Crippen LogP contribution in [0.15, 0.2) is 36.5 Å². The fourth-order valence-corrected chi connectivity index (χ4v) is 3.74. The second-order valence-electron chi connectivity index (χ2n) is 7.45. The third-order valence-electron chi connectivity index (χ3n) is 4.84. The third kappa shape index (κ3) is 5.07. The van der Waals surface area contributed by atoms with Gasteiger partial charge in [-0.2, -0.15) is 5.10 Å². The molecule has 0 atom stereocenters. The molecule has 154 valence electrons. The van der Waals surface area contributed by atoms with Crippen LogP contribution in [0, 0.1) is 5.82 Å². The molecule has 8 heteroatoms. The Labute approximate surface area is 175 Å². The van der Waals surface area contributed by atoms with E-state index in [1.165, 1.54) is 12.1 Å². The van der Waals surface area contributed by atoms with E-state index in [1.54, 1.807) is 12.1 Å². The van der Waals surface area contributed by atoms with Gasteiger partial charge in [0.15, 0.2) is 0 Å². The largest absolute Gasteiger partial charge is 0.349 e. The molecule has 4 N–H and O–H groups in total. The van der Waals surface area contributed by atoms with Crippen molar-refractivity contribution in [2.75, 3.05) is 13.1 Å². The summed E-state index contributed by atoms with van der Waals surface area (Å²) in [6, 6.07) is 6.12. The van der Waals surface area contributed by atoms with Crippen LogP contribution < -0.4 is 16.0 Å². The summed E-state index contributed by atoms with van der Waals surface area (Å²) >= 11 is 5.65. The Bertz CT molecular complexity index is 900. The van der Waals surface area contributed by atoms with Gasteiger partial charge < -0.3 is 16.0 Å². The number of carbonyl (C=O) groups is 1. The van der Waals surface area contributed by atoms with Crippen molar-refractivity contribution >= 4 is 23.1 Å². The Morgan fingerprint density at radius 1 is 1.28 bits per heavy atom. The number of hydrogen-bond donors (Lipinski definition) is 4. The fraction of sp³-hybridized carbons (Fsp3) is 0.381. The van der Waals surface area contributed by atoms with Crippen molar-refractivity contribution in [1.82, 2.24) is 26.1 Å². The number of nitrogens with one attached hydrogen (secondary N) is 4. The number of piperidine rings is 1. The van der Waals surface area contributed by atoms with Crippen molar-refractivity contribution in [3.8, 4) is 11.3 Å². The molecule has 0 spiro atoms. The maximum absolute atomic E-state index is 13.4. The van der Waals surface area contributed by atoms with Crippen molar-refractivity contribution in [2.45, 2.75) is 38.6 Å². The van der Waals surface area contributed by atoms with Gasteiger partial charge in [-0.05, 0) is 64.0 Å². The van der Waals surface area contributed by atoms with Crippen LogP contribution in [0.2, 0.25) is 0 Å². The molecule has 1 aliphatic rings. The summed E-state index contributed by atoms with van der Waals surface area (Å²) in [5.41, 5.74) is 3.22. The Balaban J connectivity index is 1.93. The van der Waals surface area contributed by atoms with Gasteiger partial charge in [0.05, 0.1) is 11.3 Å². The molecule has 29 heavy (non-hydrogen) atoms. The van der Waals surface area contributed by atoms with Crippen LogP contribution in [-0.2, 0) is 4.79 Å². The number of carbonyl (C=O) groups excluding carboxylic acids is 1. The van der Waals surface area contributed by atoms with Gasteiger partial charge in [-0.25, -0.2) is 4.39 Å². The van der Waals surface area contributed by atoms with Crippen molar-refractivity contribution < 1.29 is 9.18 Å². The molecule has 2 aromatic rings. The Kier molecular flexibility index (Phi) is 6.76. The average molecular weight is 416 g/mol. The van der Waals surface area contributed by atoms with Gasteiger partial charge in [0.25, 0.3) is 5.91 Å². The Morgan fingerprint density at radius 3 is 2.55 bits per heavy atom. The Morgan fingerprint density at radius 2 is 1.93 bits per heavy atom. The molecule has 1 saturated heterocycles. The van der Waals surface area contributed by atoms with Crippen molar-refractivity contribution in [3.63, 3.8) is 0 Å². The van der Waals surface area contributed by atoms with Crippen molar-refractivity contribution in [2.24, 2.45) is 0 Å². The molecule has 1 aliphatic heterocycles. The monoisotopic (exact) mass is 415 g/mol. The highest BCUT2D eigenvalue weighted by Crippen LogP contribution is 2.32. The van der Waals surface area contributed by atoms with Crippen LogP contribution in [-0.4, -0.2) is 40.2 Å². The average Bonchev–Trinajstić information content (AvgIpc) is 3.14. The van der Waals surface area contributed by atoms with E-state index in [-0.39, 0.29) is 29.4 Å². The molecule has 1 amide bonds. The first-order valence-corrected chi connectivity index (χ1v) is 10.1. The van der Waals surface area contributed by atoms with Crippen LogP contribution >= 0.6 is 12.2 Å². The lowest BCUT2D eigenvalue weighted by Gasteiger charge is -2.23. The first-order chi connectivity index (χ1) is 13.9. The smallest absolute Gasteiger partial charge is 0.267 e. The molecule has 0 radical (unpaired) electrons. The number of aromatic nitrogens is 2. The molecule has 0 aliphatic carbocycles. The minimum atomic E-state index is -0.316. The van der Waals surface area contributed by atoms with Crippen LogP contribution in [0.25, 0.3) is 11.3 Å². The van der Waals surface area contributed by atoms with E-state index in [4.69, 9.17) is 12.2 Å². The first-order valence-electron chi connectivity index (χ1n) is 9.73. The summed E-state index contributed by atoms with van der Waals surface area (Å²) in [6.45, 7) is 9.40. The number of thiocarbonyl (C=S) groups is 1. The first kappa shape index (κ1) is 21.1. The van der Waals surface area contributed by atoms with Gasteiger partial charge in [-0.15, -0.1) is 0 Å². The minimum Gasteiger partial charge on any atom is -0.349 e. The maximum Gasteiger partial charge on any atom is 0.267 e. The van der Waals surface area contributed by atoms with Crippen LogP contribution in [0.3, 0.4) is 0 Å². The van der Waals surface area contributed by atoms with Crippen molar-refractivity contribution in [1.29, 1.82) is 0 Å². The Hall–Kier alpha value is -2.58. The number of nitrogens with zero attached hydrogens (tertiary/aromatic N) is 1. The van der Waals surface area contributed by atoms with Crippen molar-refractivity contribution in [3.05, 3.63) is 53.6 Å². The van der Waals surface area contributed by atoms with Gasteiger partial charge in [-0.1, -0.05) is 18.8 Å². The molecule has 3 rings (SSSR count). The lowest BCUT2D eigenvalue weighted by molar-refractivity contribution is -0.118. The highest BCUT2D eigenvalue weighted by Gasteiger charge is 2.26. The lowest BCUT2D eigenvalue weighted by atomic mass is 9.90. The zero-order valence-corrected chi connectivity index (χ0v) is 17.5. The van der Waals surface area contributed by atoms with E-state index in [1.807, 2.05) is 13.8 Å². The van der Waals surface area contributed by atoms with E-state index in [9.17, 15) is 9.18 Å². The number of rotatable bonds is 6. The second-order valence-corrected chi connectivity index (χ2v) is 7.86. The molecular formula is C21H26FN5OS. The molecule has 1 aromatic heterocycles. The minimum absolute atomic E-state index is 0.0105. The van der Waals surface area contributed by atoms with E-state index in [2.05, 4.69) is 32.7 Å². The number of hydrogen-bond acceptors (Lipinski definition) is 4. The summed E-state index contributed by atoms with van der Waals surface area (Å²) in [4.78, 5) is 12.6. The predicted molar refractivity (Wildman–Crippen MR) is 116 cm³/mol. The molecule has 0 saturated carbocycles. The van der Waals surface area contributed by atoms with Crippen LogP contribution in [0.4, 0.5) is 4.39 Å². The van der Waals surface area contributed by atoms with E-state index in [0.29, 0.717) is 10.7 Å². The highest BCUT2D eigenvalue weighted by atomic mass is 32.1. The van der Waals surface area contributed by atoms with Gasteiger partial charge in [0.1, 0.15) is 16.5 Å². The summed E-state index contributed by atoms with van der Waals surface area (Å²) in [6.07, 6.45) is 1.91. The van der Waals surface area contributed by atoms with Gasteiger partial charge in [0, 0.05) is 23.2 Å². The molecule has 0 unspecified atom stereocenters. The summed E-state index contributed by atoms with van der Waals surface area (Å²) in [5.74, 6) is -0.355. The lowest BCUT2D eigenvalue weighted by Crippen LogP contribution is -2.37. The zero-order chi connectivity index (χ0) is 21.0. The van der Waals surface area contributed by atoms with Crippen LogP contribution in [0.5, 0.6) is 0 Å². The quantitative estimate of drug-likeness (QED) is 0.431. The SMILES string of the molecule is C=C(NC(=S)c1c(-c2ccc(F)cc2)n[nH]c1C1CCNCC1)C(=O)NC(C)C. The number of amides is 1.